The second-order valence-corrected chi connectivity index (χ2v) is 6.89. The van der Waals surface area contributed by atoms with Crippen molar-refractivity contribution in [3.8, 4) is 0 Å². The first-order chi connectivity index (χ1) is 10.4. The molecule has 0 atom stereocenters. The first-order valence-corrected chi connectivity index (χ1v) is 7.92. The maximum atomic E-state index is 13.0. The lowest BCUT2D eigenvalue weighted by Gasteiger charge is -2.58. The molecule has 22 heavy (non-hydrogen) atoms. The van der Waals surface area contributed by atoms with Gasteiger partial charge < -0.3 is 14.0 Å². The van der Waals surface area contributed by atoms with E-state index in [1.807, 2.05) is 35.8 Å². The summed E-state index contributed by atoms with van der Waals surface area (Å²) in [4.78, 5) is 27.6. The van der Waals surface area contributed by atoms with Crippen LogP contribution in [-0.4, -0.2) is 32.0 Å². The Morgan fingerprint density at radius 2 is 1.86 bits per heavy atom. The van der Waals surface area contributed by atoms with Gasteiger partial charge in [-0.1, -0.05) is 0 Å². The van der Waals surface area contributed by atoms with E-state index in [0.29, 0.717) is 10.9 Å². The average Bonchev–Trinajstić information content (AvgIpc) is 2.71. The van der Waals surface area contributed by atoms with Crippen molar-refractivity contribution < 1.29 is 4.79 Å². The van der Waals surface area contributed by atoms with Crippen LogP contribution in [0.25, 0.3) is 10.9 Å². The molecular formula is C17H21N3O2. The lowest BCUT2D eigenvalue weighted by atomic mass is 9.67. The van der Waals surface area contributed by atoms with Crippen molar-refractivity contribution >= 4 is 16.8 Å². The van der Waals surface area contributed by atoms with E-state index in [4.69, 9.17) is 0 Å². The Balaban J connectivity index is 1.89. The number of nitrogens with zero attached hydrogens (tertiary/aromatic N) is 3. The van der Waals surface area contributed by atoms with Crippen LogP contribution in [-0.2, 0) is 14.1 Å². The quantitative estimate of drug-likeness (QED) is 0.808. The van der Waals surface area contributed by atoms with E-state index in [9.17, 15) is 9.59 Å². The zero-order chi connectivity index (χ0) is 15.6. The highest BCUT2D eigenvalue weighted by atomic mass is 16.2. The minimum Gasteiger partial charge on any atom is -0.349 e. The van der Waals surface area contributed by atoms with Crippen LogP contribution < -0.4 is 5.56 Å². The number of carbonyl (C=O) groups is 1. The third-order valence-corrected chi connectivity index (χ3v) is 5.61. The Labute approximate surface area is 129 Å². The topological polar surface area (TPSA) is 47.2 Å². The summed E-state index contributed by atoms with van der Waals surface area (Å²) in [5.41, 5.74) is 2.46. The largest absolute Gasteiger partial charge is 0.349 e. The number of rotatable bonds is 1. The summed E-state index contributed by atoms with van der Waals surface area (Å²) < 4.78 is 3.48. The van der Waals surface area contributed by atoms with Crippen LogP contribution in [0.4, 0.5) is 0 Å². The Bertz CT molecular complexity index is 849. The van der Waals surface area contributed by atoms with E-state index in [1.165, 1.54) is 6.42 Å². The molecular weight excluding hydrogens is 278 g/mol. The van der Waals surface area contributed by atoms with Gasteiger partial charge in [0.15, 0.2) is 0 Å². The number of hydrogen-bond acceptors (Lipinski definition) is 2. The molecule has 1 spiro atoms. The number of carbonyl (C=O) groups excluding carboxylic acids is 1. The van der Waals surface area contributed by atoms with Gasteiger partial charge in [0.2, 0.25) is 0 Å². The Kier molecular flexibility index (Phi) is 2.63. The van der Waals surface area contributed by atoms with Gasteiger partial charge in [-0.25, -0.2) is 0 Å². The minimum absolute atomic E-state index is 0.0271. The monoisotopic (exact) mass is 299 g/mol. The third kappa shape index (κ3) is 1.54. The summed E-state index contributed by atoms with van der Waals surface area (Å²) >= 11 is 0. The highest BCUT2D eigenvalue weighted by molar-refractivity contribution is 6.07. The second-order valence-electron chi connectivity index (χ2n) is 6.89. The fourth-order valence-corrected chi connectivity index (χ4v) is 4.17. The number of likely N-dealkylation sites (tertiary alicyclic amines) is 1. The fourth-order valence-electron chi connectivity index (χ4n) is 4.17. The van der Waals surface area contributed by atoms with Crippen molar-refractivity contribution in [1.29, 1.82) is 0 Å². The van der Waals surface area contributed by atoms with Gasteiger partial charge in [-0.05, 0) is 38.2 Å². The van der Waals surface area contributed by atoms with Gasteiger partial charge in [-0.2, -0.15) is 0 Å². The van der Waals surface area contributed by atoms with Crippen molar-refractivity contribution in [2.45, 2.75) is 38.1 Å². The first kappa shape index (κ1) is 13.6. The minimum atomic E-state index is -0.0901. The number of amides is 1. The van der Waals surface area contributed by atoms with Gasteiger partial charge in [0.25, 0.3) is 11.5 Å². The van der Waals surface area contributed by atoms with Crippen LogP contribution in [0.5, 0.6) is 0 Å². The molecule has 0 unspecified atom stereocenters. The van der Waals surface area contributed by atoms with Gasteiger partial charge in [-0.3, -0.25) is 9.59 Å². The third-order valence-electron chi connectivity index (χ3n) is 5.61. The number of aryl methyl sites for hydroxylation is 3. The summed E-state index contributed by atoms with van der Waals surface area (Å²) in [5, 5.41) is 0.566. The molecule has 0 N–H and O–H groups in total. The molecule has 4 rings (SSSR count). The molecule has 2 aromatic rings. The van der Waals surface area contributed by atoms with Crippen LogP contribution >= 0.6 is 0 Å². The van der Waals surface area contributed by atoms with Crippen LogP contribution in [0, 0.1) is 6.92 Å². The number of aromatic nitrogens is 2. The van der Waals surface area contributed by atoms with E-state index >= 15 is 0 Å². The van der Waals surface area contributed by atoms with Crippen LogP contribution in [0.2, 0.25) is 0 Å². The summed E-state index contributed by atoms with van der Waals surface area (Å²) in [6, 6.07) is 0. The molecule has 5 heteroatoms. The average molecular weight is 299 g/mol. The highest BCUT2D eigenvalue weighted by Crippen LogP contribution is 2.47. The van der Waals surface area contributed by atoms with Crippen LogP contribution in [0.1, 0.15) is 41.6 Å². The highest BCUT2D eigenvalue weighted by Gasteiger charge is 2.51. The molecule has 1 saturated heterocycles. The summed E-state index contributed by atoms with van der Waals surface area (Å²) in [6.07, 6.45) is 8.20. The van der Waals surface area contributed by atoms with E-state index in [1.54, 1.807) is 11.6 Å². The van der Waals surface area contributed by atoms with Gasteiger partial charge in [0.1, 0.15) is 0 Å². The molecule has 0 aromatic carbocycles. The smallest absolute Gasteiger partial charge is 0.260 e. The first-order valence-electron chi connectivity index (χ1n) is 7.92. The van der Waals surface area contributed by atoms with E-state index in [0.717, 1.165) is 36.9 Å². The van der Waals surface area contributed by atoms with E-state index in [-0.39, 0.29) is 17.0 Å². The van der Waals surface area contributed by atoms with Crippen molar-refractivity contribution in [1.82, 2.24) is 14.0 Å². The number of pyridine rings is 1. The van der Waals surface area contributed by atoms with Gasteiger partial charge >= 0.3 is 0 Å². The van der Waals surface area contributed by atoms with Crippen LogP contribution in [0.15, 0.2) is 17.2 Å². The molecule has 3 heterocycles. The number of hydrogen-bond donors (Lipinski definition) is 0. The molecule has 0 radical (unpaired) electrons. The van der Waals surface area contributed by atoms with Crippen molar-refractivity contribution in [3.63, 3.8) is 0 Å². The molecule has 0 bridgehead atoms. The molecule has 1 amide bonds. The molecule has 1 aliphatic carbocycles. The standard InChI is InChI=1S/C17H21N3O2/c1-11-9-19(3)16(22)13-12(10-18(2)14(11)13)15(21)20-8-7-17(20)5-4-6-17/h9-10H,4-8H2,1-3H3. The zero-order valence-electron chi connectivity index (χ0n) is 13.3. The maximum Gasteiger partial charge on any atom is 0.260 e. The van der Waals surface area contributed by atoms with Crippen molar-refractivity contribution in [3.05, 3.63) is 33.9 Å². The predicted molar refractivity (Wildman–Crippen MR) is 85.1 cm³/mol. The molecule has 116 valence electrons. The van der Waals surface area contributed by atoms with Crippen molar-refractivity contribution in [2.24, 2.45) is 14.1 Å². The van der Waals surface area contributed by atoms with E-state index < -0.39 is 0 Å². The maximum absolute atomic E-state index is 13.0. The van der Waals surface area contributed by atoms with Crippen LogP contribution in [0.3, 0.4) is 0 Å². The predicted octanol–water partition coefficient (Wildman–Crippen LogP) is 1.95. The van der Waals surface area contributed by atoms with Gasteiger partial charge in [0.05, 0.1) is 16.5 Å². The molecule has 2 fully saturated rings. The molecule has 5 nitrogen and oxygen atoms in total. The molecule has 2 aliphatic rings. The molecule has 1 aliphatic heterocycles. The lowest BCUT2D eigenvalue weighted by Crippen LogP contribution is -2.65. The fraction of sp³-hybridized carbons (Fsp3) is 0.529. The van der Waals surface area contributed by atoms with Gasteiger partial charge in [0, 0.05) is 38.6 Å². The summed E-state index contributed by atoms with van der Waals surface area (Å²) in [6.45, 7) is 2.80. The van der Waals surface area contributed by atoms with Crippen molar-refractivity contribution in [2.75, 3.05) is 6.54 Å². The Hall–Kier alpha value is -2.04. The Morgan fingerprint density at radius 3 is 2.41 bits per heavy atom. The molecule has 1 saturated carbocycles. The summed E-state index contributed by atoms with van der Waals surface area (Å²) in [7, 11) is 3.65. The SMILES string of the molecule is Cc1cn(C)c(=O)c2c(C(=O)N3CCC34CCC4)cn(C)c12. The molecule has 2 aromatic heterocycles. The van der Waals surface area contributed by atoms with E-state index in [2.05, 4.69) is 0 Å². The second kappa shape index (κ2) is 4.24. The summed E-state index contributed by atoms with van der Waals surface area (Å²) in [5.74, 6) is 0.0271. The normalized spacial score (nSPS) is 19.3. The number of fused-ring (bicyclic) bond motifs is 1. The Morgan fingerprint density at radius 1 is 1.14 bits per heavy atom. The van der Waals surface area contributed by atoms with Gasteiger partial charge in [-0.15, -0.1) is 0 Å². The lowest BCUT2D eigenvalue weighted by molar-refractivity contribution is -0.0486. The zero-order valence-corrected chi connectivity index (χ0v) is 13.3.